The van der Waals surface area contributed by atoms with E-state index in [1.54, 1.807) is 10.6 Å². The Morgan fingerprint density at radius 2 is 2.07 bits per heavy atom. The number of pyridine rings is 2. The highest BCUT2D eigenvalue weighted by molar-refractivity contribution is 5.93. The number of fused-ring (bicyclic) bond motifs is 2. The highest BCUT2D eigenvalue weighted by Crippen LogP contribution is 2.31. The number of hydrogen-bond acceptors (Lipinski definition) is 4. The van der Waals surface area contributed by atoms with Gasteiger partial charge < -0.3 is 5.32 Å². The zero-order valence-corrected chi connectivity index (χ0v) is 16.9. The number of rotatable bonds is 4. The van der Waals surface area contributed by atoms with Crippen molar-refractivity contribution in [1.82, 2.24) is 29.5 Å². The van der Waals surface area contributed by atoms with Crippen LogP contribution in [0, 0.1) is 13.8 Å². The molecule has 0 spiro atoms. The average molecular weight is 398 g/mol. The summed E-state index contributed by atoms with van der Waals surface area (Å²) in [7, 11) is 0. The van der Waals surface area contributed by atoms with Crippen molar-refractivity contribution in [3.8, 4) is 0 Å². The quantitative estimate of drug-likeness (QED) is 0.571. The molecule has 0 bridgehead atoms. The molecule has 0 radical (unpaired) electrons. The number of carbonyl (C=O) groups is 1. The Bertz CT molecular complexity index is 1260. The standard InChI is InChI=1S/C23H22N6O/c1-15-9-10-17(12-24-15)14-29-19-7-5-6-18(22(19)16(2)27-29)26-23(30)20-13-25-21-8-3-4-11-28(20)21/h3-5,7-13,18H,6,14H2,1-2H3,(H,26,30). The molecule has 1 atom stereocenters. The van der Waals surface area contributed by atoms with E-state index in [0.717, 1.165) is 40.3 Å². The lowest BCUT2D eigenvalue weighted by Crippen LogP contribution is -2.30. The Morgan fingerprint density at radius 1 is 1.17 bits per heavy atom. The maximum absolute atomic E-state index is 13.0. The summed E-state index contributed by atoms with van der Waals surface area (Å²) in [5, 5.41) is 7.93. The molecule has 5 rings (SSSR count). The molecule has 1 aliphatic rings. The largest absolute Gasteiger partial charge is 0.343 e. The van der Waals surface area contributed by atoms with Gasteiger partial charge >= 0.3 is 0 Å². The van der Waals surface area contributed by atoms with Gasteiger partial charge in [-0.15, -0.1) is 0 Å². The van der Waals surface area contributed by atoms with Crippen molar-refractivity contribution in [3.63, 3.8) is 0 Å². The lowest BCUT2D eigenvalue weighted by molar-refractivity contribution is 0.0930. The predicted molar refractivity (Wildman–Crippen MR) is 114 cm³/mol. The number of imidazole rings is 1. The van der Waals surface area contributed by atoms with Crippen LogP contribution in [0.2, 0.25) is 0 Å². The molecule has 150 valence electrons. The zero-order valence-electron chi connectivity index (χ0n) is 16.9. The first-order valence-electron chi connectivity index (χ1n) is 9.98. The SMILES string of the molecule is Cc1ccc(Cn2nc(C)c3c2C=CCC3NC(=O)c2cnc3ccccn23)cn1. The van der Waals surface area contributed by atoms with Crippen LogP contribution in [-0.4, -0.2) is 30.1 Å². The fourth-order valence-corrected chi connectivity index (χ4v) is 4.00. The first-order chi connectivity index (χ1) is 14.6. The molecule has 1 unspecified atom stereocenters. The van der Waals surface area contributed by atoms with Crippen molar-refractivity contribution < 1.29 is 4.79 Å². The predicted octanol–water partition coefficient (Wildman–Crippen LogP) is 3.48. The molecule has 7 nitrogen and oxygen atoms in total. The second-order valence-electron chi connectivity index (χ2n) is 7.59. The fraction of sp³-hybridized carbons (Fsp3) is 0.217. The number of aryl methyl sites for hydroxylation is 2. The summed E-state index contributed by atoms with van der Waals surface area (Å²) >= 11 is 0. The van der Waals surface area contributed by atoms with E-state index < -0.39 is 0 Å². The summed E-state index contributed by atoms with van der Waals surface area (Å²) in [4.78, 5) is 21.7. The second-order valence-corrected chi connectivity index (χ2v) is 7.59. The third-order valence-corrected chi connectivity index (χ3v) is 5.47. The zero-order chi connectivity index (χ0) is 20.7. The highest BCUT2D eigenvalue weighted by atomic mass is 16.2. The number of hydrogen-bond donors (Lipinski definition) is 1. The van der Waals surface area contributed by atoms with Gasteiger partial charge in [0.25, 0.3) is 5.91 Å². The van der Waals surface area contributed by atoms with Gasteiger partial charge in [-0.2, -0.15) is 5.10 Å². The van der Waals surface area contributed by atoms with Crippen LogP contribution in [0.4, 0.5) is 0 Å². The van der Waals surface area contributed by atoms with Gasteiger partial charge in [0, 0.05) is 23.7 Å². The highest BCUT2D eigenvalue weighted by Gasteiger charge is 2.26. The second kappa shape index (κ2) is 7.26. The Morgan fingerprint density at radius 3 is 2.90 bits per heavy atom. The van der Waals surface area contributed by atoms with Crippen LogP contribution in [0.25, 0.3) is 11.7 Å². The molecule has 1 N–H and O–H groups in total. The number of carbonyl (C=O) groups excluding carboxylic acids is 1. The van der Waals surface area contributed by atoms with E-state index in [9.17, 15) is 4.79 Å². The van der Waals surface area contributed by atoms with Crippen molar-refractivity contribution in [3.05, 3.63) is 88.9 Å². The first kappa shape index (κ1) is 18.3. The van der Waals surface area contributed by atoms with Gasteiger partial charge in [-0.1, -0.05) is 18.2 Å². The smallest absolute Gasteiger partial charge is 0.270 e. The third kappa shape index (κ3) is 3.18. The molecule has 4 aromatic heterocycles. The average Bonchev–Trinajstić information content (AvgIpc) is 3.32. The van der Waals surface area contributed by atoms with Gasteiger partial charge in [0.1, 0.15) is 11.3 Å². The third-order valence-electron chi connectivity index (χ3n) is 5.47. The van der Waals surface area contributed by atoms with Crippen LogP contribution in [0.3, 0.4) is 0 Å². The molecule has 0 aliphatic heterocycles. The molecule has 30 heavy (non-hydrogen) atoms. The van der Waals surface area contributed by atoms with Crippen LogP contribution < -0.4 is 5.32 Å². The molecule has 0 saturated carbocycles. The Labute approximate surface area is 174 Å². The molecular formula is C23H22N6O. The molecule has 0 aromatic carbocycles. The lowest BCUT2D eigenvalue weighted by atomic mass is 9.96. The van der Waals surface area contributed by atoms with E-state index in [0.29, 0.717) is 12.2 Å². The molecule has 4 heterocycles. The molecular weight excluding hydrogens is 376 g/mol. The Hall–Kier alpha value is -3.74. The molecule has 7 heteroatoms. The molecule has 4 aromatic rings. The van der Waals surface area contributed by atoms with Crippen LogP contribution in [0.15, 0.2) is 55.0 Å². The number of aromatic nitrogens is 5. The monoisotopic (exact) mass is 398 g/mol. The van der Waals surface area contributed by atoms with Crippen LogP contribution in [0.1, 0.15) is 51.2 Å². The van der Waals surface area contributed by atoms with Crippen LogP contribution in [-0.2, 0) is 6.54 Å². The molecule has 1 aliphatic carbocycles. The van der Waals surface area contributed by atoms with E-state index in [1.807, 2.05) is 55.2 Å². The molecule has 0 fully saturated rings. The molecule has 0 saturated heterocycles. The minimum Gasteiger partial charge on any atom is -0.343 e. The van der Waals surface area contributed by atoms with E-state index >= 15 is 0 Å². The lowest BCUT2D eigenvalue weighted by Gasteiger charge is -2.21. The minimum absolute atomic E-state index is 0.128. The Kier molecular flexibility index (Phi) is 4.43. The maximum atomic E-state index is 13.0. The maximum Gasteiger partial charge on any atom is 0.270 e. The van der Waals surface area contributed by atoms with Crippen molar-refractivity contribution in [1.29, 1.82) is 0 Å². The first-order valence-corrected chi connectivity index (χ1v) is 9.98. The summed E-state index contributed by atoms with van der Waals surface area (Å²) in [6.07, 6.45) is 10.3. The van der Waals surface area contributed by atoms with E-state index in [-0.39, 0.29) is 11.9 Å². The van der Waals surface area contributed by atoms with E-state index in [2.05, 4.69) is 33.5 Å². The van der Waals surface area contributed by atoms with Crippen LogP contribution >= 0.6 is 0 Å². The van der Waals surface area contributed by atoms with E-state index in [4.69, 9.17) is 5.10 Å². The molecule has 1 amide bonds. The Balaban J connectivity index is 1.43. The van der Waals surface area contributed by atoms with Gasteiger partial charge in [0.2, 0.25) is 0 Å². The number of amides is 1. The van der Waals surface area contributed by atoms with Gasteiger partial charge in [0.05, 0.1) is 30.2 Å². The summed E-state index contributed by atoms with van der Waals surface area (Å²) < 4.78 is 3.79. The minimum atomic E-state index is -0.144. The van der Waals surface area contributed by atoms with Crippen molar-refractivity contribution >= 4 is 17.6 Å². The van der Waals surface area contributed by atoms with Crippen molar-refractivity contribution in [2.45, 2.75) is 32.9 Å². The summed E-state index contributed by atoms with van der Waals surface area (Å²) in [6.45, 7) is 4.61. The topological polar surface area (TPSA) is 77.1 Å². The summed E-state index contributed by atoms with van der Waals surface area (Å²) in [6, 6.07) is 9.63. The summed E-state index contributed by atoms with van der Waals surface area (Å²) in [5.41, 5.74) is 6.39. The van der Waals surface area contributed by atoms with Gasteiger partial charge in [-0.05, 0) is 50.1 Å². The van der Waals surface area contributed by atoms with Gasteiger partial charge in [-0.25, -0.2) is 4.98 Å². The fourth-order valence-electron chi connectivity index (χ4n) is 4.00. The van der Waals surface area contributed by atoms with Crippen molar-refractivity contribution in [2.24, 2.45) is 0 Å². The normalized spacial score (nSPS) is 15.3. The number of nitrogens with one attached hydrogen (secondary N) is 1. The van der Waals surface area contributed by atoms with Crippen molar-refractivity contribution in [2.75, 3.05) is 0 Å². The van der Waals surface area contributed by atoms with E-state index in [1.165, 1.54) is 0 Å². The van der Waals surface area contributed by atoms with Gasteiger partial charge in [0.15, 0.2) is 0 Å². The van der Waals surface area contributed by atoms with Gasteiger partial charge in [-0.3, -0.25) is 18.9 Å². The summed E-state index contributed by atoms with van der Waals surface area (Å²) in [5.74, 6) is -0.144. The van der Waals surface area contributed by atoms with Crippen LogP contribution in [0.5, 0.6) is 0 Å². The number of nitrogens with zero attached hydrogens (tertiary/aromatic N) is 5.